The maximum atomic E-state index is 14.6. The molecule has 0 radical (unpaired) electrons. The number of benzene rings is 1. The van der Waals surface area contributed by atoms with E-state index in [1.165, 1.54) is 17.8 Å². The molecular formula is C22H27FN6O2S. The number of rotatable bonds is 10. The molecule has 1 aliphatic rings. The molecule has 1 aliphatic heterocycles. The lowest BCUT2D eigenvalue weighted by molar-refractivity contribution is -0.121. The van der Waals surface area contributed by atoms with Crippen molar-refractivity contribution >= 4 is 17.7 Å². The number of hydrogen-bond acceptors (Lipinski definition) is 6. The van der Waals surface area contributed by atoms with Gasteiger partial charge in [-0.1, -0.05) is 23.9 Å². The maximum absolute atomic E-state index is 14.6. The largest absolute Gasteiger partial charge is 0.377 e. The fourth-order valence-corrected chi connectivity index (χ4v) is 4.61. The van der Waals surface area contributed by atoms with Crippen molar-refractivity contribution in [2.24, 2.45) is 0 Å². The van der Waals surface area contributed by atoms with E-state index in [4.69, 9.17) is 4.74 Å². The number of aromatic nitrogens is 5. The molecular weight excluding hydrogens is 431 g/mol. The van der Waals surface area contributed by atoms with Crippen LogP contribution in [0.1, 0.15) is 30.8 Å². The van der Waals surface area contributed by atoms with Crippen molar-refractivity contribution in [2.75, 3.05) is 18.9 Å². The maximum Gasteiger partial charge on any atom is 0.221 e. The number of amides is 1. The fraction of sp³-hybridized carbons (Fsp3) is 0.455. The van der Waals surface area contributed by atoms with Crippen LogP contribution < -0.4 is 5.32 Å². The van der Waals surface area contributed by atoms with Crippen LogP contribution >= 0.6 is 11.8 Å². The molecule has 1 aromatic carbocycles. The van der Waals surface area contributed by atoms with Crippen LogP contribution in [-0.4, -0.2) is 55.5 Å². The molecule has 4 rings (SSSR count). The number of carbonyl (C=O) groups is 1. The highest BCUT2D eigenvalue weighted by Gasteiger charge is 2.21. The number of aryl methyl sites for hydroxylation is 2. The first-order valence-corrected chi connectivity index (χ1v) is 11.8. The molecule has 170 valence electrons. The van der Waals surface area contributed by atoms with Crippen molar-refractivity contribution in [1.82, 2.24) is 29.9 Å². The van der Waals surface area contributed by atoms with E-state index in [-0.39, 0.29) is 17.8 Å². The quantitative estimate of drug-likeness (QED) is 0.470. The summed E-state index contributed by atoms with van der Waals surface area (Å²) in [5, 5.41) is 16.4. The highest BCUT2D eigenvalue weighted by Crippen LogP contribution is 2.27. The van der Waals surface area contributed by atoms with Crippen molar-refractivity contribution in [3.63, 3.8) is 0 Å². The number of halogens is 1. The van der Waals surface area contributed by atoms with E-state index in [0.717, 1.165) is 30.9 Å². The molecule has 1 fully saturated rings. The number of thioether (sulfide) groups is 1. The van der Waals surface area contributed by atoms with Crippen molar-refractivity contribution < 1.29 is 13.9 Å². The van der Waals surface area contributed by atoms with Gasteiger partial charge >= 0.3 is 0 Å². The minimum atomic E-state index is -0.342. The Balaban J connectivity index is 1.38. The second kappa shape index (κ2) is 10.7. The van der Waals surface area contributed by atoms with Crippen molar-refractivity contribution in [3.05, 3.63) is 53.9 Å². The lowest BCUT2D eigenvalue weighted by atomic mass is 10.3. The molecule has 0 spiro atoms. The highest BCUT2D eigenvalue weighted by atomic mass is 32.2. The molecule has 3 heterocycles. The zero-order chi connectivity index (χ0) is 22.3. The van der Waals surface area contributed by atoms with Gasteiger partial charge in [0, 0.05) is 44.5 Å². The number of ether oxygens (including phenoxy) is 1. The molecule has 0 aliphatic carbocycles. The third-order valence-corrected chi connectivity index (χ3v) is 6.29. The van der Waals surface area contributed by atoms with Gasteiger partial charge in [0.1, 0.15) is 11.6 Å². The zero-order valence-electron chi connectivity index (χ0n) is 18.0. The molecule has 32 heavy (non-hydrogen) atoms. The van der Waals surface area contributed by atoms with Crippen molar-refractivity contribution in [3.8, 4) is 5.69 Å². The fourth-order valence-electron chi connectivity index (χ4n) is 3.58. The zero-order valence-corrected chi connectivity index (χ0v) is 18.9. The predicted octanol–water partition coefficient (Wildman–Crippen LogP) is 2.93. The van der Waals surface area contributed by atoms with Gasteiger partial charge in [0.2, 0.25) is 5.91 Å². The monoisotopic (exact) mass is 458 g/mol. The van der Waals surface area contributed by atoms with Crippen LogP contribution in [0.4, 0.5) is 4.39 Å². The van der Waals surface area contributed by atoms with Gasteiger partial charge in [-0.3, -0.25) is 14.0 Å². The van der Waals surface area contributed by atoms with E-state index in [9.17, 15) is 9.18 Å². The van der Waals surface area contributed by atoms with Crippen LogP contribution in [-0.2, 0) is 22.5 Å². The Morgan fingerprint density at radius 1 is 1.31 bits per heavy atom. The Hall–Kier alpha value is -2.72. The summed E-state index contributed by atoms with van der Waals surface area (Å²) >= 11 is 1.52. The first-order valence-electron chi connectivity index (χ1n) is 10.8. The molecule has 2 aromatic heterocycles. The van der Waals surface area contributed by atoms with Gasteiger partial charge in [-0.05, 0) is 38.0 Å². The van der Waals surface area contributed by atoms with Crippen molar-refractivity contribution in [1.29, 1.82) is 0 Å². The Morgan fingerprint density at radius 2 is 2.19 bits per heavy atom. The minimum Gasteiger partial charge on any atom is -0.377 e. The lowest BCUT2D eigenvalue weighted by Crippen LogP contribution is -2.27. The highest BCUT2D eigenvalue weighted by molar-refractivity contribution is 7.99. The minimum absolute atomic E-state index is 0.0666. The molecule has 10 heteroatoms. The molecule has 1 saturated heterocycles. The summed E-state index contributed by atoms with van der Waals surface area (Å²) in [6, 6.07) is 8.48. The number of carbonyl (C=O) groups excluding carboxylic acids is 1. The average molecular weight is 459 g/mol. The van der Waals surface area contributed by atoms with E-state index in [1.54, 1.807) is 27.4 Å². The van der Waals surface area contributed by atoms with Crippen LogP contribution in [0.2, 0.25) is 0 Å². The van der Waals surface area contributed by atoms with Crippen LogP contribution in [0.25, 0.3) is 5.69 Å². The van der Waals surface area contributed by atoms with Crippen molar-refractivity contribution in [2.45, 2.75) is 50.4 Å². The Morgan fingerprint density at radius 3 is 2.94 bits per heavy atom. The Labute approximate surface area is 190 Å². The molecule has 0 bridgehead atoms. The molecule has 1 amide bonds. The van der Waals surface area contributed by atoms with Gasteiger partial charge in [0.25, 0.3) is 0 Å². The van der Waals surface area contributed by atoms with Crippen LogP contribution in [0.15, 0.2) is 41.7 Å². The van der Waals surface area contributed by atoms with Gasteiger partial charge in [0.05, 0.1) is 17.5 Å². The molecule has 1 unspecified atom stereocenters. The third kappa shape index (κ3) is 5.74. The molecule has 1 atom stereocenters. The number of nitrogens with one attached hydrogen (secondary N) is 1. The third-order valence-electron chi connectivity index (χ3n) is 5.23. The summed E-state index contributed by atoms with van der Waals surface area (Å²) in [5.41, 5.74) is 1.33. The number of para-hydroxylation sites is 1. The Bertz CT molecular complexity index is 1050. The summed E-state index contributed by atoms with van der Waals surface area (Å²) in [5.74, 6) is 0.943. The second-order valence-corrected chi connectivity index (χ2v) is 8.69. The summed E-state index contributed by atoms with van der Waals surface area (Å²) in [7, 11) is 0. The molecule has 1 N–H and O–H groups in total. The van der Waals surface area contributed by atoms with E-state index in [1.807, 2.05) is 19.2 Å². The lowest BCUT2D eigenvalue weighted by Gasteiger charge is -2.13. The van der Waals surface area contributed by atoms with E-state index >= 15 is 0 Å². The summed E-state index contributed by atoms with van der Waals surface area (Å²) in [4.78, 5) is 12.2. The van der Waals surface area contributed by atoms with Crippen LogP contribution in [0, 0.1) is 12.7 Å². The van der Waals surface area contributed by atoms with Crippen LogP contribution in [0.5, 0.6) is 0 Å². The number of hydrogen-bond donors (Lipinski definition) is 1. The van der Waals surface area contributed by atoms with E-state index in [2.05, 4.69) is 20.6 Å². The summed E-state index contributed by atoms with van der Waals surface area (Å²) < 4.78 is 23.8. The number of nitrogens with zero attached hydrogens (tertiary/aromatic N) is 5. The van der Waals surface area contributed by atoms with E-state index < -0.39 is 0 Å². The van der Waals surface area contributed by atoms with E-state index in [0.29, 0.717) is 42.6 Å². The average Bonchev–Trinajstić information content (AvgIpc) is 3.53. The summed E-state index contributed by atoms with van der Waals surface area (Å²) in [6.45, 7) is 3.61. The topological polar surface area (TPSA) is 86.9 Å². The molecule has 0 saturated carbocycles. The van der Waals surface area contributed by atoms with Gasteiger partial charge in [-0.15, -0.1) is 10.2 Å². The first kappa shape index (κ1) is 22.5. The normalized spacial score (nSPS) is 15.9. The molecule has 3 aromatic rings. The van der Waals surface area contributed by atoms with Crippen LogP contribution in [0.3, 0.4) is 0 Å². The van der Waals surface area contributed by atoms with Gasteiger partial charge in [-0.2, -0.15) is 5.10 Å². The van der Waals surface area contributed by atoms with Gasteiger partial charge in [-0.25, -0.2) is 4.39 Å². The SMILES string of the molecule is Cc1ccn(CCC(=O)NCCc2nnc(SCC3CCCO3)n2-c2ccccc2F)n1. The summed E-state index contributed by atoms with van der Waals surface area (Å²) in [6.07, 6.45) is 4.91. The Kier molecular flexibility index (Phi) is 7.54. The smallest absolute Gasteiger partial charge is 0.221 e. The van der Waals surface area contributed by atoms with Gasteiger partial charge < -0.3 is 10.1 Å². The molecule has 8 nitrogen and oxygen atoms in total. The predicted molar refractivity (Wildman–Crippen MR) is 119 cm³/mol. The first-order chi connectivity index (χ1) is 15.6. The standard InChI is InChI=1S/C22H27FN6O2S/c1-16-9-12-28(27-16)13-10-21(30)24-11-8-20-25-26-22(32-15-17-5-4-14-31-17)29(20)19-7-3-2-6-18(19)23/h2-3,6-7,9,12,17H,4-5,8,10-11,13-15H2,1H3,(H,24,30). The van der Waals surface area contributed by atoms with Gasteiger partial charge in [0.15, 0.2) is 5.16 Å². The second-order valence-electron chi connectivity index (χ2n) is 7.70.